The molecule has 0 aromatic rings. The number of likely N-dealkylation sites (N-methyl/N-ethyl adjacent to an activating group) is 1. The third-order valence-corrected chi connectivity index (χ3v) is 3.69. The molecule has 2 unspecified atom stereocenters. The summed E-state index contributed by atoms with van der Waals surface area (Å²) in [6.45, 7) is 7.08. The van der Waals surface area contributed by atoms with E-state index in [0.717, 1.165) is 32.5 Å². The Hall–Kier alpha value is -1.30. The quantitative estimate of drug-likeness (QED) is 0.660. The van der Waals surface area contributed by atoms with E-state index in [1.807, 2.05) is 6.92 Å². The lowest BCUT2D eigenvalue weighted by Gasteiger charge is -2.32. The number of rotatable bonds is 7. The van der Waals surface area contributed by atoms with Gasteiger partial charge in [0.1, 0.15) is 0 Å². The lowest BCUT2D eigenvalue weighted by atomic mass is 10.1. The van der Waals surface area contributed by atoms with Crippen molar-refractivity contribution in [3.05, 3.63) is 0 Å². The third-order valence-electron chi connectivity index (χ3n) is 3.69. The summed E-state index contributed by atoms with van der Waals surface area (Å²) in [6.07, 6.45) is 3.57. The highest BCUT2D eigenvalue weighted by Crippen LogP contribution is 2.09. The van der Waals surface area contributed by atoms with Gasteiger partial charge in [-0.2, -0.15) is 0 Å². The predicted octanol–water partition coefficient (Wildman–Crippen LogP) is 1.41. The van der Waals surface area contributed by atoms with E-state index in [4.69, 9.17) is 5.11 Å². The molecule has 3 N–H and O–H groups in total. The molecule has 6 nitrogen and oxygen atoms in total. The molecule has 0 spiro atoms. The zero-order valence-corrected chi connectivity index (χ0v) is 12.5. The number of nitrogens with one attached hydrogen (secondary N) is 2. The van der Waals surface area contributed by atoms with Crippen molar-refractivity contribution >= 4 is 12.0 Å². The lowest BCUT2D eigenvalue weighted by molar-refractivity contribution is -0.137. The number of amides is 2. The van der Waals surface area contributed by atoms with Crippen LogP contribution >= 0.6 is 0 Å². The minimum Gasteiger partial charge on any atom is -0.481 e. The molecule has 0 aromatic carbocycles. The molecule has 6 heteroatoms. The summed E-state index contributed by atoms with van der Waals surface area (Å²) in [5, 5.41) is 14.4. The molecule has 0 bridgehead atoms. The van der Waals surface area contributed by atoms with E-state index < -0.39 is 5.97 Å². The molecule has 1 aliphatic heterocycles. The first-order valence-electron chi connectivity index (χ1n) is 7.52. The standard InChI is InChI=1S/C14H27N3O3/c1-3-17-9-5-7-12(10-17)16-14(20)15-11(2)6-4-8-13(18)19/h11-12H,3-10H2,1-2H3,(H,18,19)(H2,15,16,20). The molecule has 2 atom stereocenters. The summed E-state index contributed by atoms with van der Waals surface area (Å²) >= 11 is 0. The number of nitrogens with zero attached hydrogens (tertiary/aromatic N) is 1. The molecule has 1 rings (SSSR count). The summed E-state index contributed by atoms with van der Waals surface area (Å²) < 4.78 is 0. The van der Waals surface area contributed by atoms with Gasteiger partial charge in [-0.3, -0.25) is 4.79 Å². The van der Waals surface area contributed by atoms with Gasteiger partial charge in [0.15, 0.2) is 0 Å². The van der Waals surface area contributed by atoms with E-state index in [9.17, 15) is 9.59 Å². The number of likely N-dealkylation sites (tertiary alicyclic amines) is 1. The Kier molecular flexibility index (Phi) is 7.36. The third kappa shape index (κ3) is 6.75. The van der Waals surface area contributed by atoms with Gasteiger partial charge in [0.2, 0.25) is 0 Å². The highest BCUT2D eigenvalue weighted by atomic mass is 16.4. The second-order valence-electron chi connectivity index (χ2n) is 5.54. The van der Waals surface area contributed by atoms with Crippen LogP contribution in [0.2, 0.25) is 0 Å². The van der Waals surface area contributed by atoms with Crippen molar-refractivity contribution in [1.29, 1.82) is 0 Å². The smallest absolute Gasteiger partial charge is 0.315 e. The number of carbonyl (C=O) groups excluding carboxylic acids is 1. The van der Waals surface area contributed by atoms with Gasteiger partial charge in [-0.1, -0.05) is 6.92 Å². The van der Waals surface area contributed by atoms with Gasteiger partial charge in [0, 0.05) is 25.0 Å². The number of carbonyl (C=O) groups is 2. The van der Waals surface area contributed by atoms with Crippen molar-refractivity contribution in [2.45, 2.75) is 58.0 Å². The monoisotopic (exact) mass is 285 g/mol. The predicted molar refractivity (Wildman–Crippen MR) is 77.8 cm³/mol. The number of carboxylic acid groups (broad SMARTS) is 1. The maximum atomic E-state index is 11.9. The number of carboxylic acids is 1. The maximum absolute atomic E-state index is 11.9. The van der Waals surface area contributed by atoms with Crippen LogP contribution in [0.5, 0.6) is 0 Å². The molecule has 0 saturated carbocycles. The minimum absolute atomic E-state index is 0.000203. The van der Waals surface area contributed by atoms with Crippen molar-refractivity contribution in [1.82, 2.24) is 15.5 Å². The van der Waals surface area contributed by atoms with Crippen molar-refractivity contribution in [2.24, 2.45) is 0 Å². The molecule has 116 valence electrons. The lowest BCUT2D eigenvalue weighted by Crippen LogP contribution is -2.51. The number of hydrogen-bond acceptors (Lipinski definition) is 3. The minimum atomic E-state index is -0.788. The van der Waals surface area contributed by atoms with E-state index in [1.54, 1.807) is 0 Å². The molecule has 1 fully saturated rings. The molecule has 1 saturated heterocycles. The molecule has 0 aromatic heterocycles. The number of piperidine rings is 1. The van der Waals surface area contributed by atoms with E-state index in [2.05, 4.69) is 22.5 Å². The van der Waals surface area contributed by atoms with Gasteiger partial charge >= 0.3 is 12.0 Å². The van der Waals surface area contributed by atoms with Gasteiger partial charge < -0.3 is 20.6 Å². The highest BCUT2D eigenvalue weighted by Gasteiger charge is 2.20. The Morgan fingerprint density at radius 1 is 1.45 bits per heavy atom. The molecular weight excluding hydrogens is 258 g/mol. The van der Waals surface area contributed by atoms with Crippen LogP contribution in [0.1, 0.15) is 46.0 Å². The second kappa shape index (κ2) is 8.79. The molecule has 1 aliphatic rings. The van der Waals surface area contributed by atoms with Crippen LogP contribution in [0.25, 0.3) is 0 Å². The van der Waals surface area contributed by atoms with Crippen LogP contribution in [-0.4, -0.2) is 53.7 Å². The topological polar surface area (TPSA) is 81.7 Å². The number of aliphatic carboxylic acids is 1. The van der Waals surface area contributed by atoms with Gasteiger partial charge in [-0.15, -0.1) is 0 Å². The zero-order chi connectivity index (χ0) is 15.0. The maximum Gasteiger partial charge on any atom is 0.315 e. The average Bonchev–Trinajstić information content (AvgIpc) is 2.38. The molecule has 2 amide bonds. The Morgan fingerprint density at radius 3 is 2.85 bits per heavy atom. The molecule has 1 heterocycles. The highest BCUT2D eigenvalue weighted by molar-refractivity contribution is 5.74. The van der Waals surface area contributed by atoms with Crippen LogP contribution in [-0.2, 0) is 4.79 Å². The SMILES string of the molecule is CCN1CCCC(NC(=O)NC(C)CCCC(=O)O)C1. The van der Waals surface area contributed by atoms with Crippen LogP contribution in [0, 0.1) is 0 Å². The fourth-order valence-corrected chi connectivity index (χ4v) is 2.54. The largest absolute Gasteiger partial charge is 0.481 e. The Balaban J connectivity index is 2.20. The molecule has 0 aliphatic carbocycles. The molecular formula is C14H27N3O3. The molecule has 0 radical (unpaired) electrons. The van der Waals surface area contributed by atoms with Gasteiger partial charge in [0.05, 0.1) is 0 Å². The fraction of sp³-hybridized carbons (Fsp3) is 0.857. The Labute approximate surface area is 120 Å². The molecule has 20 heavy (non-hydrogen) atoms. The Morgan fingerprint density at radius 2 is 2.20 bits per heavy atom. The summed E-state index contributed by atoms with van der Waals surface area (Å²) in [5.74, 6) is -0.788. The van der Waals surface area contributed by atoms with Crippen LogP contribution < -0.4 is 10.6 Å². The van der Waals surface area contributed by atoms with E-state index in [-0.39, 0.29) is 24.5 Å². The van der Waals surface area contributed by atoms with Crippen LogP contribution in [0.15, 0.2) is 0 Å². The van der Waals surface area contributed by atoms with E-state index >= 15 is 0 Å². The summed E-state index contributed by atoms with van der Waals surface area (Å²) in [7, 11) is 0. The van der Waals surface area contributed by atoms with Crippen molar-refractivity contribution in [3.63, 3.8) is 0 Å². The first kappa shape index (κ1) is 16.8. The second-order valence-corrected chi connectivity index (χ2v) is 5.54. The first-order chi connectivity index (χ1) is 9.51. The van der Waals surface area contributed by atoms with Gasteiger partial charge in [0.25, 0.3) is 0 Å². The van der Waals surface area contributed by atoms with Crippen molar-refractivity contribution < 1.29 is 14.7 Å². The Bertz CT molecular complexity index is 323. The summed E-state index contributed by atoms with van der Waals surface area (Å²) in [4.78, 5) is 24.6. The normalized spacial score (nSPS) is 21.2. The van der Waals surface area contributed by atoms with Crippen molar-refractivity contribution in [3.8, 4) is 0 Å². The van der Waals surface area contributed by atoms with Crippen molar-refractivity contribution in [2.75, 3.05) is 19.6 Å². The van der Waals surface area contributed by atoms with E-state index in [0.29, 0.717) is 12.8 Å². The van der Waals surface area contributed by atoms with Crippen LogP contribution in [0.3, 0.4) is 0 Å². The van der Waals surface area contributed by atoms with Gasteiger partial charge in [-0.05, 0) is 45.7 Å². The zero-order valence-electron chi connectivity index (χ0n) is 12.5. The summed E-state index contributed by atoms with van der Waals surface area (Å²) in [5.41, 5.74) is 0. The van der Waals surface area contributed by atoms with Crippen LogP contribution in [0.4, 0.5) is 4.79 Å². The number of hydrogen-bond donors (Lipinski definition) is 3. The first-order valence-corrected chi connectivity index (χ1v) is 7.52. The fourth-order valence-electron chi connectivity index (χ4n) is 2.54. The summed E-state index contributed by atoms with van der Waals surface area (Å²) in [6, 6.07) is 0.0749. The average molecular weight is 285 g/mol. The van der Waals surface area contributed by atoms with E-state index in [1.165, 1.54) is 0 Å². The van der Waals surface area contributed by atoms with Gasteiger partial charge in [-0.25, -0.2) is 4.79 Å². The number of urea groups is 1.